The third-order valence-electron chi connectivity index (χ3n) is 4.40. The Kier molecular flexibility index (Phi) is 6.77. The van der Waals surface area contributed by atoms with E-state index in [2.05, 4.69) is 49.5 Å². The van der Waals surface area contributed by atoms with E-state index in [-0.39, 0.29) is 6.10 Å². The highest BCUT2D eigenvalue weighted by Crippen LogP contribution is 2.28. The number of benzene rings is 2. The second-order valence-electron chi connectivity index (χ2n) is 7.43. The van der Waals surface area contributed by atoms with Crippen LogP contribution >= 0.6 is 0 Å². The first-order valence-electron chi connectivity index (χ1n) is 9.93. The van der Waals surface area contributed by atoms with Crippen molar-refractivity contribution in [1.82, 2.24) is 15.3 Å². The molecule has 3 aromatic rings. The molecule has 0 atom stereocenters. The van der Waals surface area contributed by atoms with Crippen LogP contribution in [0.15, 0.2) is 54.7 Å². The number of hydrogen-bond donors (Lipinski definition) is 1. The van der Waals surface area contributed by atoms with Gasteiger partial charge >= 0.3 is 0 Å². The molecule has 1 N–H and O–H groups in total. The van der Waals surface area contributed by atoms with Crippen LogP contribution < -0.4 is 5.32 Å². The monoisotopic (exact) mass is 375 g/mol. The van der Waals surface area contributed by atoms with Crippen LogP contribution in [0.3, 0.4) is 0 Å². The molecule has 2 aromatic carbocycles. The molecule has 146 valence electrons. The van der Waals surface area contributed by atoms with E-state index < -0.39 is 0 Å². The van der Waals surface area contributed by atoms with Crippen LogP contribution in [0.2, 0.25) is 0 Å². The molecule has 0 spiro atoms. The number of ether oxygens (including phenoxy) is 1. The lowest BCUT2D eigenvalue weighted by molar-refractivity contribution is 0.0825. The van der Waals surface area contributed by atoms with Crippen LogP contribution in [-0.2, 0) is 4.74 Å². The molecule has 4 nitrogen and oxygen atoms in total. The van der Waals surface area contributed by atoms with Gasteiger partial charge in [-0.1, -0.05) is 50.2 Å². The Morgan fingerprint density at radius 2 is 1.75 bits per heavy atom. The normalized spacial score (nSPS) is 11.8. The van der Waals surface area contributed by atoms with E-state index in [9.17, 15) is 0 Å². The quantitative estimate of drug-likeness (QED) is 0.535. The van der Waals surface area contributed by atoms with E-state index in [0.29, 0.717) is 12.5 Å². The van der Waals surface area contributed by atoms with Gasteiger partial charge in [0, 0.05) is 12.1 Å². The summed E-state index contributed by atoms with van der Waals surface area (Å²) < 4.78 is 5.52. The summed E-state index contributed by atoms with van der Waals surface area (Å²) in [4.78, 5) is 9.88. The summed E-state index contributed by atoms with van der Waals surface area (Å²) in [6.45, 7) is 9.90. The third kappa shape index (κ3) is 5.17. The van der Waals surface area contributed by atoms with Gasteiger partial charge in [-0.25, -0.2) is 9.97 Å². The van der Waals surface area contributed by atoms with Crippen molar-refractivity contribution in [1.29, 1.82) is 0 Å². The SMILES string of the molecule is CC(C)OCCN/C=C/c1ccc2nc(-c3ccccc3)c(C(C)C)nc2c1. The molecule has 0 saturated heterocycles. The van der Waals surface area contributed by atoms with Crippen LogP contribution in [0.4, 0.5) is 0 Å². The molecule has 0 bridgehead atoms. The van der Waals surface area contributed by atoms with E-state index in [0.717, 1.165) is 40.1 Å². The predicted octanol–water partition coefficient (Wildman–Crippen LogP) is 5.41. The van der Waals surface area contributed by atoms with Crippen molar-refractivity contribution >= 4 is 17.1 Å². The standard InChI is InChI=1S/C24H29N3O/c1-17(2)23-24(20-8-6-5-7-9-20)26-21-11-10-19(16-22(21)27-23)12-13-25-14-15-28-18(3)4/h5-13,16-18,25H,14-15H2,1-4H3/b13-12+. The molecule has 0 unspecified atom stereocenters. The van der Waals surface area contributed by atoms with E-state index in [1.54, 1.807) is 0 Å². The van der Waals surface area contributed by atoms with E-state index in [4.69, 9.17) is 14.7 Å². The number of aromatic nitrogens is 2. The maximum atomic E-state index is 5.52. The van der Waals surface area contributed by atoms with Crippen molar-refractivity contribution < 1.29 is 4.74 Å². The predicted molar refractivity (Wildman–Crippen MR) is 117 cm³/mol. The number of fused-ring (bicyclic) bond motifs is 1. The highest BCUT2D eigenvalue weighted by atomic mass is 16.5. The number of nitrogens with zero attached hydrogens (tertiary/aromatic N) is 2. The molecule has 3 rings (SSSR count). The van der Waals surface area contributed by atoms with Crippen LogP contribution in [0.5, 0.6) is 0 Å². The fraction of sp³-hybridized carbons (Fsp3) is 0.333. The van der Waals surface area contributed by atoms with Crippen molar-refractivity contribution in [3.05, 3.63) is 66.0 Å². The zero-order chi connectivity index (χ0) is 19.9. The lowest BCUT2D eigenvalue weighted by Crippen LogP contribution is -2.16. The van der Waals surface area contributed by atoms with Crippen molar-refractivity contribution in [2.45, 2.75) is 39.7 Å². The van der Waals surface area contributed by atoms with Gasteiger partial charge in [-0.3, -0.25) is 0 Å². The Morgan fingerprint density at radius 3 is 2.46 bits per heavy atom. The van der Waals surface area contributed by atoms with Gasteiger partial charge in [-0.05, 0) is 49.7 Å². The summed E-state index contributed by atoms with van der Waals surface area (Å²) >= 11 is 0. The molecule has 0 saturated carbocycles. The van der Waals surface area contributed by atoms with Crippen LogP contribution in [0.1, 0.15) is 44.9 Å². The molecular formula is C24H29N3O. The van der Waals surface area contributed by atoms with Gasteiger partial charge in [-0.2, -0.15) is 0 Å². The summed E-state index contributed by atoms with van der Waals surface area (Å²) in [5.74, 6) is 0.300. The fourth-order valence-electron chi connectivity index (χ4n) is 2.99. The average Bonchev–Trinajstić information content (AvgIpc) is 2.70. The Morgan fingerprint density at radius 1 is 0.964 bits per heavy atom. The highest BCUT2D eigenvalue weighted by molar-refractivity contribution is 5.81. The summed E-state index contributed by atoms with van der Waals surface area (Å²) in [7, 11) is 0. The second kappa shape index (κ2) is 9.47. The summed E-state index contributed by atoms with van der Waals surface area (Å²) in [5.41, 5.74) is 6.05. The summed E-state index contributed by atoms with van der Waals surface area (Å²) in [6, 6.07) is 16.5. The van der Waals surface area contributed by atoms with E-state index >= 15 is 0 Å². The number of hydrogen-bond acceptors (Lipinski definition) is 4. The van der Waals surface area contributed by atoms with E-state index in [1.807, 2.05) is 44.3 Å². The molecule has 0 aliphatic heterocycles. The van der Waals surface area contributed by atoms with Crippen LogP contribution in [0, 0.1) is 0 Å². The summed E-state index contributed by atoms with van der Waals surface area (Å²) in [6.07, 6.45) is 4.28. The molecule has 0 fully saturated rings. The van der Waals surface area contributed by atoms with Gasteiger partial charge in [0.25, 0.3) is 0 Å². The molecule has 1 aromatic heterocycles. The minimum Gasteiger partial charge on any atom is -0.389 e. The molecule has 0 radical (unpaired) electrons. The largest absolute Gasteiger partial charge is 0.389 e. The second-order valence-corrected chi connectivity index (χ2v) is 7.43. The zero-order valence-corrected chi connectivity index (χ0v) is 17.1. The minimum atomic E-state index is 0.265. The van der Waals surface area contributed by atoms with Gasteiger partial charge in [0.1, 0.15) is 0 Å². The third-order valence-corrected chi connectivity index (χ3v) is 4.40. The Balaban J connectivity index is 1.82. The molecule has 4 heteroatoms. The van der Waals surface area contributed by atoms with Crippen molar-refractivity contribution in [2.24, 2.45) is 0 Å². The molecule has 0 aliphatic rings. The highest BCUT2D eigenvalue weighted by Gasteiger charge is 2.14. The average molecular weight is 376 g/mol. The first kappa shape index (κ1) is 20.0. The van der Waals surface area contributed by atoms with Crippen molar-refractivity contribution in [3.8, 4) is 11.3 Å². The first-order chi connectivity index (χ1) is 13.5. The van der Waals surface area contributed by atoms with Crippen LogP contribution in [-0.4, -0.2) is 29.2 Å². The van der Waals surface area contributed by atoms with Crippen molar-refractivity contribution in [2.75, 3.05) is 13.2 Å². The Hall–Kier alpha value is -2.72. The maximum absolute atomic E-state index is 5.52. The maximum Gasteiger partial charge on any atom is 0.0927 e. The minimum absolute atomic E-state index is 0.265. The topological polar surface area (TPSA) is 47.0 Å². The first-order valence-corrected chi connectivity index (χ1v) is 9.93. The van der Waals surface area contributed by atoms with Gasteiger partial charge in [0.05, 0.1) is 35.1 Å². The van der Waals surface area contributed by atoms with Gasteiger partial charge in [-0.15, -0.1) is 0 Å². The smallest absolute Gasteiger partial charge is 0.0927 e. The van der Waals surface area contributed by atoms with Gasteiger partial charge in [0.15, 0.2) is 0 Å². The molecule has 0 aliphatic carbocycles. The van der Waals surface area contributed by atoms with Gasteiger partial charge < -0.3 is 10.1 Å². The molecule has 0 amide bonds. The molecule has 28 heavy (non-hydrogen) atoms. The lowest BCUT2D eigenvalue weighted by Gasteiger charge is -2.13. The number of rotatable bonds is 8. The lowest BCUT2D eigenvalue weighted by atomic mass is 10.0. The molecule has 1 heterocycles. The molecular weight excluding hydrogens is 346 g/mol. The zero-order valence-electron chi connectivity index (χ0n) is 17.1. The fourth-order valence-corrected chi connectivity index (χ4v) is 2.99. The van der Waals surface area contributed by atoms with Crippen molar-refractivity contribution in [3.63, 3.8) is 0 Å². The van der Waals surface area contributed by atoms with Crippen LogP contribution in [0.25, 0.3) is 28.4 Å². The van der Waals surface area contributed by atoms with Gasteiger partial charge in [0.2, 0.25) is 0 Å². The van der Waals surface area contributed by atoms with E-state index in [1.165, 1.54) is 0 Å². The number of nitrogens with one attached hydrogen (secondary N) is 1. The Bertz CT molecular complexity index is 933. The Labute approximate surface area is 167 Å². The summed E-state index contributed by atoms with van der Waals surface area (Å²) in [5, 5.41) is 3.26.